The standard InChI is InChI=1S/C13H17ClFN/c14-10-7-4-8-11(15)12(10)13(16)9-5-2-1-3-6-9/h4,7-9,13H,1-3,5-6,16H2/t13-/m0/s1. The first kappa shape index (κ1) is 11.9. The van der Waals surface area contributed by atoms with Crippen LogP contribution in [0.25, 0.3) is 0 Å². The summed E-state index contributed by atoms with van der Waals surface area (Å²) in [6.45, 7) is 0. The van der Waals surface area contributed by atoms with Crippen molar-refractivity contribution in [3.05, 3.63) is 34.6 Å². The van der Waals surface area contributed by atoms with E-state index in [0.29, 0.717) is 16.5 Å². The van der Waals surface area contributed by atoms with Crippen LogP contribution in [-0.2, 0) is 0 Å². The summed E-state index contributed by atoms with van der Waals surface area (Å²) in [6.07, 6.45) is 5.85. The highest BCUT2D eigenvalue weighted by atomic mass is 35.5. The third-order valence-corrected chi connectivity index (χ3v) is 3.82. The van der Waals surface area contributed by atoms with E-state index in [1.54, 1.807) is 12.1 Å². The van der Waals surface area contributed by atoms with Gasteiger partial charge in [-0.15, -0.1) is 0 Å². The lowest BCUT2D eigenvalue weighted by Gasteiger charge is -2.28. The average molecular weight is 242 g/mol. The normalized spacial score (nSPS) is 19.7. The highest BCUT2D eigenvalue weighted by Crippen LogP contribution is 2.36. The number of hydrogen-bond donors (Lipinski definition) is 1. The van der Waals surface area contributed by atoms with Crippen LogP contribution >= 0.6 is 11.6 Å². The molecule has 2 N–H and O–H groups in total. The van der Waals surface area contributed by atoms with Gasteiger partial charge in [-0.05, 0) is 30.9 Å². The first-order valence-corrected chi connectivity index (χ1v) is 6.27. The molecule has 1 aliphatic rings. The van der Waals surface area contributed by atoms with Gasteiger partial charge in [0.1, 0.15) is 5.82 Å². The molecular formula is C13H17ClFN. The van der Waals surface area contributed by atoms with Crippen molar-refractivity contribution in [1.82, 2.24) is 0 Å². The van der Waals surface area contributed by atoms with Crippen molar-refractivity contribution in [3.63, 3.8) is 0 Å². The number of halogens is 2. The Hall–Kier alpha value is -0.600. The average Bonchev–Trinajstić information content (AvgIpc) is 2.30. The molecule has 0 heterocycles. The molecule has 1 aromatic rings. The first-order chi connectivity index (χ1) is 7.70. The minimum Gasteiger partial charge on any atom is -0.324 e. The summed E-state index contributed by atoms with van der Waals surface area (Å²) in [4.78, 5) is 0. The molecule has 0 unspecified atom stereocenters. The highest BCUT2D eigenvalue weighted by Gasteiger charge is 2.25. The Morgan fingerprint density at radius 2 is 1.94 bits per heavy atom. The van der Waals surface area contributed by atoms with Crippen LogP contribution < -0.4 is 5.73 Å². The molecule has 0 amide bonds. The topological polar surface area (TPSA) is 26.0 Å². The molecule has 16 heavy (non-hydrogen) atoms. The van der Waals surface area contributed by atoms with Crippen molar-refractivity contribution in [3.8, 4) is 0 Å². The van der Waals surface area contributed by atoms with Crippen LogP contribution in [0.5, 0.6) is 0 Å². The van der Waals surface area contributed by atoms with Gasteiger partial charge in [0.05, 0.1) is 0 Å². The third-order valence-electron chi connectivity index (χ3n) is 3.49. The second-order valence-corrected chi connectivity index (χ2v) is 4.97. The van der Waals surface area contributed by atoms with Gasteiger partial charge in [-0.2, -0.15) is 0 Å². The van der Waals surface area contributed by atoms with E-state index >= 15 is 0 Å². The molecule has 1 atom stereocenters. The Labute approximate surface area is 101 Å². The Kier molecular flexibility index (Phi) is 3.82. The molecule has 1 aromatic carbocycles. The van der Waals surface area contributed by atoms with Crippen LogP contribution in [0.3, 0.4) is 0 Å². The summed E-state index contributed by atoms with van der Waals surface area (Å²) in [5, 5.41) is 0.457. The summed E-state index contributed by atoms with van der Waals surface area (Å²) >= 11 is 6.02. The smallest absolute Gasteiger partial charge is 0.129 e. The van der Waals surface area contributed by atoms with Crippen molar-refractivity contribution >= 4 is 11.6 Å². The summed E-state index contributed by atoms with van der Waals surface area (Å²) < 4.78 is 13.7. The van der Waals surface area contributed by atoms with Gasteiger partial charge >= 0.3 is 0 Å². The summed E-state index contributed by atoms with van der Waals surface area (Å²) in [7, 11) is 0. The number of benzene rings is 1. The van der Waals surface area contributed by atoms with Crippen molar-refractivity contribution in [2.24, 2.45) is 11.7 Å². The molecular weight excluding hydrogens is 225 g/mol. The lowest BCUT2D eigenvalue weighted by Crippen LogP contribution is -2.24. The molecule has 1 saturated carbocycles. The summed E-state index contributed by atoms with van der Waals surface area (Å²) in [6, 6.07) is 4.51. The Morgan fingerprint density at radius 1 is 1.25 bits per heavy atom. The maximum atomic E-state index is 13.7. The first-order valence-electron chi connectivity index (χ1n) is 5.89. The van der Waals surface area contributed by atoms with Gasteiger partial charge in [0.2, 0.25) is 0 Å². The SMILES string of the molecule is N[C@H](c1c(F)cccc1Cl)C1CCCCC1. The van der Waals surface area contributed by atoms with Crippen LogP contribution in [0.1, 0.15) is 43.7 Å². The molecule has 2 rings (SSSR count). The van der Waals surface area contributed by atoms with Gasteiger partial charge in [0.25, 0.3) is 0 Å². The second-order valence-electron chi connectivity index (χ2n) is 4.56. The van der Waals surface area contributed by atoms with Crippen LogP contribution in [0.15, 0.2) is 18.2 Å². The molecule has 0 bridgehead atoms. The third kappa shape index (κ3) is 2.38. The molecule has 88 valence electrons. The fourth-order valence-corrected chi connectivity index (χ4v) is 2.85. The van der Waals surface area contributed by atoms with E-state index in [-0.39, 0.29) is 11.9 Å². The zero-order valence-electron chi connectivity index (χ0n) is 9.26. The fraction of sp³-hybridized carbons (Fsp3) is 0.538. The Balaban J connectivity index is 2.22. The van der Waals surface area contributed by atoms with Gasteiger partial charge in [-0.25, -0.2) is 4.39 Å². The largest absolute Gasteiger partial charge is 0.324 e. The maximum absolute atomic E-state index is 13.7. The van der Waals surface area contributed by atoms with Crippen molar-refractivity contribution in [2.45, 2.75) is 38.1 Å². The quantitative estimate of drug-likeness (QED) is 0.830. The molecule has 0 spiro atoms. The zero-order valence-corrected chi connectivity index (χ0v) is 10.0. The molecule has 1 fully saturated rings. The molecule has 1 nitrogen and oxygen atoms in total. The van der Waals surface area contributed by atoms with Gasteiger partial charge in [0, 0.05) is 16.6 Å². The monoisotopic (exact) mass is 241 g/mol. The number of hydrogen-bond acceptors (Lipinski definition) is 1. The highest BCUT2D eigenvalue weighted by molar-refractivity contribution is 6.31. The number of nitrogens with two attached hydrogens (primary N) is 1. The molecule has 0 aliphatic heterocycles. The van der Waals surface area contributed by atoms with Crippen LogP contribution in [0.2, 0.25) is 5.02 Å². The molecule has 3 heteroatoms. The van der Waals surface area contributed by atoms with E-state index < -0.39 is 0 Å². The second kappa shape index (κ2) is 5.15. The van der Waals surface area contributed by atoms with Gasteiger partial charge in [-0.1, -0.05) is 36.9 Å². The van der Waals surface area contributed by atoms with E-state index in [0.717, 1.165) is 12.8 Å². The molecule has 1 aliphatic carbocycles. The van der Waals surface area contributed by atoms with Gasteiger partial charge in [-0.3, -0.25) is 0 Å². The lowest BCUT2D eigenvalue weighted by molar-refractivity contribution is 0.303. The zero-order chi connectivity index (χ0) is 11.5. The van der Waals surface area contributed by atoms with Crippen molar-refractivity contribution < 1.29 is 4.39 Å². The lowest BCUT2D eigenvalue weighted by atomic mass is 9.81. The minimum absolute atomic E-state index is 0.256. The van der Waals surface area contributed by atoms with E-state index in [2.05, 4.69) is 0 Å². The van der Waals surface area contributed by atoms with E-state index in [9.17, 15) is 4.39 Å². The number of rotatable bonds is 2. The maximum Gasteiger partial charge on any atom is 0.129 e. The van der Waals surface area contributed by atoms with Gasteiger partial charge in [0.15, 0.2) is 0 Å². The Morgan fingerprint density at radius 3 is 2.56 bits per heavy atom. The summed E-state index contributed by atoms with van der Waals surface area (Å²) in [5.41, 5.74) is 6.64. The van der Waals surface area contributed by atoms with E-state index in [4.69, 9.17) is 17.3 Å². The molecule has 0 saturated heterocycles. The minimum atomic E-state index is -0.273. The van der Waals surface area contributed by atoms with Crippen LogP contribution in [-0.4, -0.2) is 0 Å². The predicted molar refractivity (Wildman–Crippen MR) is 64.9 cm³/mol. The Bertz CT molecular complexity index is 341. The van der Waals surface area contributed by atoms with Crippen molar-refractivity contribution in [2.75, 3.05) is 0 Å². The molecule has 0 radical (unpaired) electrons. The predicted octanol–water partition coefficient (Wildman–Crippen LogP) is 4.06. The molecule has 0 aromatic heterocycles. The van der Waals surface area contributed by atoms with Gasteiger partial charge < -0.3 is 5.73 Å². The fourth-order valence-electron chi connectivity index (χ4n) is 2.56. The van der Waals surface area contributed by atoms with E-state index in [1.165, 1.54) is 25.3 Å². The summed E-state index contributed by atoms with van der Waals surface area (Å²) in [5.74, 6) is 0.105. The van der Waals surface area contributed by atoms with E-state index in [1.807, 2.05) is 0 Å². The van der Waals surface area contributed by atoms with Crippen LogP contribution in [0.4, 0.5) is 4.39 Å². The van der Waals surface area contributed by atoms with Crippen LogP contribution in [0, 0.1) is 11.7 Å². The van der Waals surface area contributed by atoms with Crippen molar-refractivity contribution in [1.29, 1.82) is 0 Å².